The van der Waals surface area contributed by atoms with Gasteiger partial charge in [-0.3, -0.25) is 14.9 Å². The Hall–Kier alpha value is -1.75. The van der Waals surface area contributed by atoms with Crippen molar-refractivity contribution in [3.05, 3.63) is 34.7 Å². The molecule has 1 aromatic carbocycles. The van der Waals surface area contributed by atoms with Crippen molar-refractivity contribution in [2.45, 2.75) is 20.3 Å². The van der Waals surface area contributed by atoms with E-state index in [9.17, 15) is 9.59 Å². The largest absolute Gasteiger partial charge is 0.494 e. The zero-order chi connectivity index (χ0) is 14.5. The molecule has 1 saturated heterocycles. The molecular weight excluding hydrogens is 274 g/mol. The highest BCUT2D eigenvalue weighted by Gasteiger charge is 2.24. The van der Waals surface area contributed by atoms with Gasteiger partial charge in [-0.15, -0.1) is 0 Å². The van der Waals surface area contributed by atoms with Crippen LogP contribution in [0.15, 0.2) is 29.2 Å². The highest BCUT2D eigenvalue weighted by Crippen LogP contribution is 2.26. The van der Waals surface area contributed by atoms with Crippen molar-refractivity contribution in [1.29, 1.82) is 0 Å². The van der Waals surface area contributed by atoms with Crippen molar-refractivity contribution in [1.82, 2.24) is 5.32 Å². The van der Waals surface area contributed by atoms with E-state index >= 15 is 0 Å². The predicted molar refractivity (Wildman–Crippen MR) is 80.5 cm³/mol. The summed E-state index contributed by atoms with van der Waals surface area (Å²) in [6.07, 6.45) is 2.72. The van der Waals surface area contributed by atoms with Crippen molar-refractivity contribution >= 4 is 29.0 Å². The number of benzene rings is 1. The average Bonchev–Trinajstić information content (AvgIpc) is 2.69. The summed E-state index contributed by atoms with van der Waals surface area (Å²) in [5, 5.41) is 1.90. The van der Waals surface area contributed by atoms with E-state index in [1.807, 2.05) is 24.3 Å². The number of carbonyl (C=O) groups excluding carboxylic acids is 2. The Kier molecular flexibility index (Phi) is 4.84. The Morgan fingerprint density at radius 3 is 2.50 bits per heavy atom. The molecule has 2 rings (SSSR count). The van der Waals surface area contributed by atoms with Crippen LogP contribution in [0, 0.1) is 5.92 Å². The fraction of sp³-hybridized carbons (Fsp3) is 0.333. The summed E-state index contributed by atoms with van der Waals surface area (Å²) in [6, 6.07) is 7.47. The second kappa shape index (κ2) is 6.61. The van der Waals surface area contributed by atoms with E-state index in [-0.39, 0.29) is 11.1 Å². The van der Waals surface area contributed by atoms with Crippen LogP contribution in [0.4, 0.5) is 4.79 Å². The van der Waals surface area contributed by atoms with Gasteiger partial charge in [0.15, 0.2) is 0 Å². The van der Waals surface area contributed by atoms with Crippen molar-refractivity contribution in [2.24, 2.45) is 5.92 Å². The number of hydrogen-bond acceptors (Lipinski definition) is 4. The van der Waals surface area contributed by atoms with Crippen LogP contribution in [-0.4, -0.2) is 17.8 Å². The van der Waals surface area contributed by atoms with Crippen molar-refractivity contribution < 1.29 is 14.3 Å². The molecule has 2 amide bonds. The standard InChI is InChI=1S/C15H17NO3S/c1-10(2)7-8-19-12-5-3-11(4-6-12)9-13-14(17)16-15(18)20-13/h3-6,9-10H,7-8H2,1-2H3,(H,16,17,18)/b13-9-. The van der Waals surface area contributed by atoms with Gasteiger partial charge in [-0.2, -0.15) is 0 Å². The summed E-state index contributed by atoms with van der Waals surface area (Å²) in [6.45, 7) is 5.01. The SMILES string of the molecule is CC(C)CCOc1ccc(/C=C2\SC(=O)NC2=O)cc1. The van der Waals surface area contributed by atoms with Gasteiger partial charge in [-0.25, -0.2) is 0 Å². The molecule has 0 bridgehead atoms. The van der Waals surface area contributed by atoms with Crippen LogP contribution in [0.3, 0.4) is 0 Å². The van der Waals surface area contributed by atoms with E-state index < -0.39 is 0 Å². The summed E-state index contributed by atoms with van der Waals surface area (Å²) in [4.78, 5) is 22.9. The molecule has 5 heteroatoms. The number of ether oxygens (including phenoxy) is 1. The summed E-state index contributed by atoms with van der Waals surface area (Å²) < 4.78 is 5.62. The van der Waals surface area contributed by atoms with E-state index in [2.05, 4.69) is 19.2 Å². The molecule has 1 aliphatic heterocycles. The monoisotopic (exact) mass is 291 g/mol. The second-order valence-corrected chi connectivity index (χ2v) is 5.97. The Bertz CT molecular complexity index is 535. The third-order valence-corrected chi connectivity index (χ3v) is 3.59. The van der Waals surface area contributed by atoms with Crippen LogP contribution >= 0.6 is 11.8 Å². The smallest absolute Gasteiger partial charge is 0.290 e. The van der Waals surface area contributed by atoms with Gasteiger partial charge in [-0.05, 0) is 47.9 Å². The van der Waals surface area contributed by atoms with Gasteiger partial charge in [0.1, 0.15) is 5.75 Å². The maximum absolute atomic E-state index is 11.4. The molecule has 1 N–H and O–H groups in total. The lowest BCUT2D eigenvalue weighted by Crippen LogP contribution is -2.17. The average molecular weight is 291 g/mol. The number of rotatable bonds is 5. The Balaban J connectivity index is 1.96. The number of nitrogens with one attached hydrogen (secondary N) is 1. The molecule has 0 aliphatic carbocycles. The lowest BCUT2D eigenvalue weighted by atomic mass is 10.1. The highest BCUT2D eigenvalue weighted by atomic mass is 32.2. The molecule has 0 saturated carbocycles. The van der Waals surface area contributed by atoms with Crippen molar-refractivity contribution in [3.63, 3.8) is 0 Å². The summed E-state index contributed by atoms with van der Waals surface area (Å²) >= 11 is 0.920. The van der Waals surface area contributed by atoms with E-state index in [0.717, 1.165) is 29.5 Å². The van der Waals surface area contributed by atoms with E-state index in [0.29, 0.717) is 17.4 Å². The van der Waals surface area contributed by atoms with Crippen LogP contribution < -0.4 is 10.1 Å². The first-order valence-electron chi connectivity index (χ1n) is 6.52. The number of hydrogen-bond donors (Lipinski definition) is 1. The van der Waals surface area contributed by atoms with Crippen LogP contribution in [-0.2, 0) is 4.79 Å². The minimum absolute atomic E-state index is 0.324. The molecule has 106 valence electrons. The predicted octanol–water partition coefficient (Wildman–Crippen LogP) is 3.44. The van der Waals surface area contributed by atoms with E-state index in [1.54, 1.807) is 6.08 Å². The summed E-state index contributed by atoms with van der Waals surface area (Å²) in [5.74, 6) is 1.10. The molecule has 1 aromatic rings. The van der Waals surface area contributed by atoms with Gasteiger partial charge in [-0.1, -0.05) is 26.0 Å². The van der Waals surface area contributed by atoms with Crippen molar-refractivity contribution in [3.8, 4) is 5.75 Å². The van der Waals surface area contributed by atoms with Gasteiger partial charge in [0.2, 0.25) is 0 Å². The van der Waals surface area contributed by atoms with Gasteiger partial charge in [0.05, 0.1) is 11.5 Å². The lowest BCUT2D eigenvalue weighted by molar-refractivity contribution is -0.115. The molecule has 20 heavy (non-hydrogen) atoms. The molecular formula is C15H17NO3S. The summed E-state index contributed by atoms with van der Waals surface area (Å²) in [7, 11) is 0. The van der Waals surface area contributed by atoms with Crippen molar-refractivity contribution in [2.75, 3.05) is 6.61 Å². The van der Waals surface area contributed by atoms with Gasteiger partial charge in [0.25, 0.3) is 11.1 Å². The zero-order valence-electron chi connectivity index (χ0n) is 11.5. The molecule has 1 fully saturated rings. The van der Waals surface area contributed by atoms with Crippen LogP contribution in [0.5, 0.6) is 5.75 Å². The Labute approximate surface area is 122 Å². The number of amides is 2. The van der Waals surface area contributed by atoms with E-state index in [1.165, 1.54) is 0 Å². The van der Waals surface area contributed by atoms with Gasteiger partial charge in [0, 0.05) is 0 Å². The minimum atomic E-state index is -0.336. The van der Waals surface area contributed by atoms with Crippen LogP contribution in [0.1, 0.15) is 25.8 Å². The molecule has 1 aliphatic rings. The first-order chi connectivity index (χ1) is 9.54. The second-order valence-electron chi connectivity index (χ2n) is 4.95. The number of imide groups is 1. The molecule has 0 atom stereocenters. The van der Waals surface area contributed by atoms with Crippen LogP contribution in [0.2, 0.25) is 0 Å². The normalized spacial score (nSPS) is 16.9. The number of thioether (sulfide) groups is 1. The van der Waals surface area contributed by atoms with Crippen LogP contribution in [0.25, 0.3) is 6.08 Å². The third-order valence-electron chi connectivity index (χ3n) is 2.78. The fourth-order valence-electron chi connectivity index (χ4n) is 1.65. The Morgan fingerprint density at radius 2 is 1.95 bits per heavy atom. The van der Waals surface area contributed by atoms with Gasteiger partial charge < -0.3 is 4.74 Å². The lowest BCUT2D eigenvalue weighted by Gasteiger charge is -2.08. The third kappa shape index (κ3) is 4.13. The summed E-state index contributed by atoms with van der Waals surface area (Å²) in [5.41, 5.74) is 0.869. The topological polar surface area (TPSA) is 55.4 Å². The van der Waals surface area contributed by atoms with Gasteiger partial charge >= 0.3 is 0 Å². The highest BCUT2D eigenvalue weighted by molar-refractivity contribution is 8.18. The molecule has 0 spiro atoms. The Morgan fingerprint density at radius 1 is 1.25 bits per heavy atom. The zero-order valence-corrected chi connectivity index (χ0v) is 12.3. The quantitative estimate of drug-likeness (QED) is 0.844. The fourth-order valence-corrected chi connectivity index (χ4v) is 2.33. The maximum Gasteiger partial charge on any atom is 0.290 e. The molecule has 1 heterocycles. The molecule has 0 unspecified atom stereocenters. The molecule has 0 radical (unpaired) electrons. The molecule has 4 nitrogen and oxygen atoms in total. The number of carbonyl (C=O) groups is 2. The molecule has 0 aromatic heterocycles. The maximum atomic E-state index is 11.4. The first kappa shape index (κ1) is 14.7. The first-order valence-corrected chi connectivity index (χ1v) is 7.34. The minimum Gasteiger partial charge on any atom is -0.494 e. The van der Waals surface area contributed by atoms with E-state index in [4.69, 9.17) is 4.74 Å².